The summed E-state index contributed by atoms with van der Waals surface area (Å²) in [6.45, 7) is 2.82. The normalized spacial score (nSPS) is 10.4. The molecule has 19 heavy (non-hydrogen) atoms. The smallest absolute Gasteiger partial charge is 0.221 e. The first-order chi connectivity index (χ1) is 9.17. The number of ether oxygens (including phenoxy) is 2. The van der Waals surface area contributed by atoms with Crippen LogP contribution in [0.25, 0.3) is 0 Å². The van der Waals surface area contributed by atoms with Gasteiger partial charge in [-0.15, -0.1) is 10.5 Å². The molecule has 0 saturated heterocycles. The minimum Gasteiger partial charge on any atom is -0.493 e. The lowest BCUT2D eigenvalue weighted by molar-refractivity contribution is -0.499. The third kappa shape index (κ3) is 5.56. The number of hydrogen-bond acceptors (Lipinski definition) is 3. The van der Waals surface area contributed by atoms with E-state index in [-0.39, 0.29) is 5.11 Å². The Morgan fingerprint density at radius 3 is 2.89 bits per heavy atom. The molecule has 0 saturated carbocycles. The molecule has 0 bridgehead atoms. The van der Waals surface area contributed by atoms with E-state index in [1.54, 1.807) is 13.3 Å². The first-order valence-corrected chi connectivity index (χ1v) is 6.53. The molecule has 104 valence electrons. The second-order valence-corrected chi connectivity index (χ2v) is 4.33. The van der Waals surface area contributed by atoms with Gasteiger partial charge in [-0.2, -0.15) is 0 Å². The van der Waals surface area contributed by atoms with E-state index in [4.69, 9.17) is 15.2 Å². The standard InChI is InChI=1S/C13H19N3O2S/c1-3-4-7-18-11-6-5-10(8-12(11)17-2)9-15-16-13(14)19/h5-6,8-9H,3-4,7H2,1-2H3,(H3,14,16,19)/p+1. The predicted molar refractivity (Wildman–Crippen MR) is 79.4 cm³/mol. The molecule has 0 amide bonds. The quantitative estimate of drug-likeness (QED) is 0.287. The van der Waals surface area contributed by atoms with Crippen molar-refractivity contribution in [3.05, 3.63) is 23.8 Å². The van der Waals surface area contributed by atoms with Gasteiger partial charge >= 0.3 is 0 Å². The minimum atomic E-state index is 0.183. The van der Waals surface area contributed by atoms with Crippen LogP contribution in [0.5, 0.6) is 11.5 Å². The van der Waals surface area contributed by atoms with Crippen molar-refractivity contribution in [1.82, 2.24) is 5.43 Å². The summed E-state index contributed by atoms with van der Waals surface area (Å²) in [5.41, 5.74) is 8.84. The summed E-state index contributed by atoms with van der Waals surface area (Å²) in [5, 5.41) is 2.97. The molecule has 0 radical (unpaired) electrons. The van der Waals surface area contributed by atoms with E-state index in [9.17, 15) is 0 Å². The first kappa shape index (κ1) is 15.2. The van der Waals surface area contributed by atoms with Gasteiger partial charge in [0.1, 0.15) is 0 Å². The van der Waals surface area contributed by atoms with Crippen LogP contribution in [0.3, 0.4) is 0 Å². The van der Waals surface area contributed by atoms with E-state index in [1.165, 1.54) is 0 Å². The summed E-state index contributed by atoms with van der Waals surface area (Å²) < 4.78 is 11.0. The summed E-state index contributed by atoms with van der Waals surface area (Å²) in [5.74, 6) is 1.44. The molecule has 0 spiro atoms. The molecule has 4 N–H and O–H groups in total. The molecule has 0 unspecified atom stereocenters. The molecular weight excluding hydrogens is 262 g/mol. The number of hydrogen-bond donors (Lipinski definition) is 3. The Balaban J connectivity index is 2.71. The van der Waals surface area contributed by atoms with Gasteiger partial charge in [-0.25, -0.2) is 0 Å². The highest BCUT2D eigenvalue weighted by Gasteiger charge is 2.05. The second-order valence-electron chi connectivity index (χ2n) is 3.89. The Hall–Kier alpha value is -1.82. The van der Waals surface area contributed by atoms with E-state index in [1.807, 2.05) is 18.2 Å². The van der Waals surface area contributed by atoms with Gasteiger partial charge in [0.25, 0.3) is 0 Å². The van der Waals surface area contributed by atoms with Gasteiger partial charge < -0.3 is 15.2 Å². The van der Waals surface area contributed by atoms with Crippen LogP contribution in [-0.2, 0) is 0 Å². The Labute approximate surface area is 118 Å². The monoisotopic (exact) mass is 282 g/mol. The van der Waals surface area contributed by atoms with Crippen LogP contribution in [0, 0.1) is 0 Å². The van der Waals surface area contributed by atoms with Gasteiger partial charge in [0.05, 0.1) is 13.7 Å². The molecule has 1 rings (SSSR count). The predicted octanol–water partition coefficient (Wildman–Crippen LogP) is 0.122. The molecule has 6 heteroatoms. The summed E-state index contributed by atoms with van der Waals surface area (Å²) in [7, 11) is 1.62. The van der Waals surface area contributed by atoms with Gasteiger partial charge in [-0.3, -0.25) is 0 Å². The van der Waals surface area contributed by atoms with Crippen LogP contribution < -0.4 is 25.7 Å². The van der Waals surface area contributed by atoms with Gasteiger partial charge in [0, 0.05) is 5.56 Å². The molecule has 5 nitrogen and oxygen atoms in total. The maximum atomic E-state index is 5.65. The van der Waals surface area contributed by atoms with E-state index < -0.39 is 0 Å². The van der Waals surface area contributed by atoms with Crippen LogP contribution >= 0.6 is 12.2 Å². The average Bonchev–Trinajstić information content (AvgIpc) is 2.39. The van der Waals surface area contributed by atoms with Crippen molar-refractivity contribution in [3.63, 3.8) is 0 Å². The number of rotatable bonds is 7. The number of unbranched alkanes of at least 4 members (excludes halogenated alkanes) is 1. The summed E-state index contributed by atoms with van der Waals surface area (Å²) in [6, 6.07) is 5.66. The highest BCUT2D eigenvalue weighted by atomic mass is 32.1. The number of nitrogens with two attached hydrogens (primary N) is 1. The molecule has 0 fully saturated rings. The number of benzene rings is 1. The minimum absolute atomic E-state index is 0.183. The third-order valence-corrected chi connectivity index (χ3v) is 2.48. The fraction of sp³-hybridized carbons (Fsp3) is 0.385. The fourth-order valence-corrected chi connectivity index (χ4v) is 1.47. The van der Waals surface area contributed by atoms with Crippen molar-refractivity contribution in [3.8, 4) is 11.5 Å². The summed E-state index contributed by atoms with van der Waals surface area (Å²) in [4.78, 5) is 0. The summed E-state index contributed by atoms with van der Waals surface area (Å²) in [6.07, 6.45) is 3.86. The van der Waals surface area contributed by atoms with Crippen LogP contribution in [0.2, 0.25) is 0 Å². The molecule has 1 aromatic carbocycles. The average molecular weight is 282 g/mol. The maximum absolute atomic E-state index is 5.65. The zero-order valence-corrected chi connectivity index (χ0v) is 12.0. The van der Waals surface area contributed by atoms with E-state index in [0.717, 1.165) is 24.2 Å². The third-order valence-electron chi connectivity index (χ3n) is 2.38. The Kier molecular flexibility index (Phi) is 6.67. The van der Waals surface area contributed by atoms with Gasteiger partial charge in [-0.05, 0) is 36.8 Å². The maximum Gasteiger partial charge on any atom is 0.221 e. The number of methoxy groups -OCH3 is 1. The molecule has 0 aromatic heterocycles. The van der Waals surface area contributed by atoms with E-state index in [0.29, 0.717) is 12.4 Å². The SMILES string of the molecule is CCCCOc1ccc(C=[NH+]NC(N)=S)cc1OC. The van der Waals surface area contributed by atoms with Crippen molar-refractivity contribution in [2.45, 2.75) is 19.8 Å². The Morgan fingerprint density at radius 2 is 2.26 bits per heavy atom. The molecule has 0 heterocycles. The van der Waals surface area contributed by atoms with Crippen molar-refractivity contribution >= 4 is 23.5 Å². The summed E-state index contributed by atoms with van der Waals surface area (Å²) >= 11 is 4.68. The molecular formula is C13H20N3O2S+. The zero-order chi connectivity index (χ0) is 14.1. The van der Waals surface area contributed by atoms with Crippen molar-refractivity contribution in [1.29, 1.82) is 0 Å². The number of nitrogens with one attached hydrogen (secondary N) is 2. The van der Waals surface area contributed by atoms with Crippen LogP contribution in [0.4, 0.5) is 0 Å². The molecule has 1 aromatic rings. The Bertz CT molecular complexity index is 450. The highest BCUT2D eigenvalue weighted by Crippen LogP contribution is 2.27. The second kappa shape index (κ2) is 8.31. The van der Waals surface area contributed by atoms with Crippen LogP contribution in [-0.4, -0.2) is 25.0 Å². The first-order valence-electron chi connectivity index (χ1n) is 6.12. The largest absolute Gasteiger partial charge is 0.493 e. The lowest BCUT2D eigenvalue weighted by atomic mass is 10.2. The number of hydrazine groups is 1. The van der Waals surface area contributed by atoms with E-state index >= 15 is 0 Å². The Morgan fingerprint density at radius 1 is 1.47 bits per heavy atom. The molecule has 0 aliphatic heterocycles. The zero-order valence-electron chi connectivity index (χ0n) is 11.2. The number of hydrazone groups is 1. The lowest BCUT2D eigenvalue weighted by Gasteiger charge is -2.10. The van der Waals surface area contributed by atoms with Gasteiger partial charge in [0.2, 0.25) is 5.11 Å². The molecule has 0 atom stereocenters. The van der Waals surface area contributed by atoms with Gasteiger partial charge in [0.15, 0.2) is 17.7 Å². The van der Waals surface area contributed by atoms with Crippen molar-refractivity contribution in [2.75, 3.05) is 13.7 Å². The van der Waals surface area contributed by atoms with Crippen LogP contribution in [0.15, 0.2) is 18.2 Å². The topological polar surface area (TPSA) is 70.5 Å². The molecule has 0 aliphatic rings. The fourth-order valence-electron chi connectivity index (χ4n) is 1.41. The van der Waals surface area contributed by atoms with Crippen molar-refractivity contribution < 1.29 is 14.6 Å². The highest BCUT2D eigenvalue weighted by molar-refractivity contribution is 7.80. The lowest BCUT2D eigenvalue weighted by Crippen LogP contribution is -2.82. The van der Waals surface area contributed by atoms with E-state index in [2.05, 4.69) is 29.7 Å². The van der Waals surface area contributed by atoms with Gasteiger partial charge in [-0.1, -0.05) is 13.3 Å². The van der Waals surface area contributed by atoms with Crippen LogP contribution in [0.1, 0.15) is 25.3 Å². The molecule has 0 aliphatic carbocycles. The van der Waals surface area contributed by atoms with Crippen molar-refractivity contribution in [2.24, 2.45) is 5.73 Å². The number of thiocarbonyl (C=S) groups is 1.